The minimum atomic E-state index is 0.845. The number of anilines is 1. The Balaban J connectivity index is 2.06. The Morgan fingerprint density at radius 2 is 1.16 bits per heavy atom. The van der Waals surface area contributed by atoms with Crippen LogP contribution >= 0.6 is 0 Å². The Morgan fingerprint density at radius 3 is 1.56 bits per heavy atom. The SMILES string of the molecule is CCCN(CCC)c1ccc(/C=C/c2ccc([N+](C)(C)C)cc2)cc1. The Hall–Kier alpha value is -2.06. The number of hydrogen-bond donors (Lipinski definition) is 0. The number of benzene rings is 2. The van der Waals surface area contributed by atoms with Gasteiger partial charge in [-0.05, 0) is 60.4 Å². The Bertz CT molecular complexity index is 655. The fourth-order valence-corrected chi connectivity index (χ4v) is 2.93. The lowest BCUT2D eigenvalue weighted by Crippen LogP contribution is -2.34. The molecule has 134 valence electrons. The lowest BCUT2D eigenvalue weighted by atomic mass is 10.1. The predicted molar refractivity (Wildman–Crippen MR) is 114 cm³/mol. The second kappa shape index (κ2) is 8.87. The van der Waals surface area contributed by atoms with E-state index < -0.39 is 0 Å². The molecule has 0 N–H and O–H groups in total. The first-order valence-electron chi connectivity index (χ1n) is 9.39. The van der Waals surface area contributed by atoms with Crippen molar-refractivity contribution in [3.63, 3.8) is 0 Å². The van der Waals surface area contributed by atoms with Crippen LogP contribution in [0.5, 0.6) is 0 Å². The molecular formula is C23H33N2+. The molecule has 0 aliphatic heterocycles. The molecule has 0 aromatic heterocycles. The molecule has 0 aliphatic carbocycles. The van der Waals surface area contributed by atoms with E-state index in [1.54, 1.807) is 0 Å². The molecule has 0 bridgehead atoms. The van der Waals surface area contributed by atoms with Gasteiger partial charge < -0.3 is 4.90 Å². The third-order valence-electron chi connectivity index (χ3n) is 4.38. The number of hydrogen-bond acceptors (Lipinski definition) is 1. The van der Waals surface area contributed by atoms with Gasteiger partial charge in [-0.25, -0.2) is 0 Å². The van der Waals surface area contributed by atoms with Gasteiger partial charge in [0.2, 0.25) is 0 Å². The molecular weight excluding hydrogens is 304 g/mol. The van der Waals surface area contributed by atoms with Gasteiger partial charge in [0.15, 0.2) is 0 Å². The van der Waals surface area contributed by atoms with Crippen LogP contribution in [0.2, 0.25) is 0 Å². The van der Waals surface area contributed by atoms with Gasteiger partial charge in [-0.1, -0.05) is 38.1 Å². The van der Waals surface area contributed by atoms with E-state index in [0.29, 0.717) is 0 Å². The Morgan fingerprint density at radius 1 is 0.720 bits per heavy atom. The molecule has 2 nitrogen and oxygen atoms in total. The van der Waals surface area contributed by atoms with Crippen LogP contribution in [0.3, 0.4) is 0 Å². The van der Waals surface area contributed by atoms with Crippen molar-refractivity contribution in [2.45, 2.75) is 26.7 Å². The minimum absolute atomic E-state index is 0.845. The van der Waals surface area contributed by atoms with Gasteiger partial charge >= 0.3 is 0 Å². The van der Waals surface area contributed by atoms with Gasteiger partial charge in [0, 0.05) is 18.8 Å². The van der Waals surface area contributed by atoms with E-state index >= 15 is 0 Å². The molecule has 0 heterocycles. The molecule has 0 saturated heterocycles. The van der Waals surface area contributed by atoms with Crippen molar-refractivity contribution in [2.75, 3.05) is 39.1 Å². The van der Waals surface area contributed by atoms with Crippen LogP contribution in [0.4, 0.5) is 11.4 Å². The van der Waals surface area contributed by atoms with E-state index in [9.17, 15) is 0 Å². The van der Waals surface area contributed by atoms with Crippen molar-refractivity contribution in [3.8, 4) is 0 Å². The molecule has 2 heteroatoms. The summed E-state index contributed by atoms with van der Waals surface area (Å²) in [5, 5.41) is 0. The molecule has 0 aliphatic rings. The van der Waals surface area contributed by atoms with Crippen LogP contribution in [0.1, 0.15) is 37.8 Å². The van der Waals surface area contributed by atoms with E-state index in [1.807, 2.05) is 0 Å². The summed E-state index contributed by atoms with van der Waals surface area (Å²) in [7, 11) is 6.56. The summed E-state index contributed by atoms with van der Waals surface area (Å²) in [6.45, 7) is 6.73. The van der Waals surface area contributed by atoms with Crippen LogP contribution in [0.25, 0.3) is 12.2 Å². The maximum Gasteiger partial charge on any atom is 0.132 e. The van der Waals surface area contributed by atoms with E-state index in [2.05, 4.69) is 101 Å². The Kier molecular flexibility index (Phi) is 6.83. The monoisotopic (exact) mass is 337 g/mol. The summed E-state index contributed by atoms with van der Waals surface area (Å²) in [6, 6.07) is 17.7. The van der Waals surface area contributed by atoms with Crippen molar-refractivity contribution in [1.29, 1.82) is 0 Å². The maximum absolute atomic E-state index is 2.47. The fourth-order valence-electron chi connectivity index (χ4n) is 2.93. The van der Waals surface area contributed by atoms with E-state index in [-0.39, 0.29) is 0 Å². The molecule has 25 heavy (non-hydrogen) atoms. The largest absolute Gasteiger partial charge is 0.372 e. The second-order valence-corrected chi connectivity index (χ2v) is 7.52. The molecule has 0 unspecified atom stereocenters. The maximum atomic E-state index is 2.47. The zero-order chi connectivity index (χ0) is 18.3. The van der Waals surface area contributed by atoms with Crippen LogP contribution in [0, 0.1) is 0 Å². The van der Waals surface area contributed by atoms with Crippen LogP contribution in [-0.2, 0) is 0 Å². The van der Waals surface area contributed by atoms with Crippen LogP contribution in [0.15, 0.2) is 48.5 Å². The van der Waals surface area contributed by atoms with Crippen molar-refractivity contribution < 1.29 is 0 Å². The van der Waals surface area contributed by atoms with Gasteiger partial charge in [0.1, 0.15) is 5.69 Å². The normalized spacial score (nSPS) is 11.9. The molecule has 2 aromatic rings. The summed E-state index contributed by atoms with van der Waals surface area (Å²) >= 11 is 0. The van der Waals surface area contributed by atoms with E-state index in [0.717, 1.165) is 17.6 Å². The highest BCUT2D eigenvalue weighted by Crippen LogP contribution is 2.20. The van der Waals surface area contributed by atoms with E-state index in [4.69, 9.17) is 0 Å². The standard InChI is InChI=1S/C23H33N2/c1-6-18-24(19-7-2)22-14-10-20(11-15-22)8-9-21-12-16-23(17-13-21)25(3,4)5/h8-17H,6-7,18-19H2,1-5H3/q+1/b9-8+. The first-order chi connectivity index (χ1) is 11.9. The highest BCUT2D eigenvalue weighted by atomic mass is 15.3. The summed E-state index contributed by atoms with van der Waals surface area (Å²) < 4.78 is 0.845. The predicted octanol–water partition coefficient (Wildman–Crippen LogP) is 5.68. The van der Waals surface area contributed by atoms with Gasteiger partial charge in [-0.15, -0.1) is 0 Å². The molecule has 0 fully saturated rings. The minimum Gasteiger partial charge on any atom is -0.372 e. The summed E-state index contributed by atoms with van der Waals surface area (Å²) in [4.78, 5) is 2.47. The smallest absolute Gasteiger partial charge is 0.132 e. The topological polar surface area (TPSA) is 3.24 Å². The fraction of sp³-hybridized carbons (Fsp3) is 0.391. The summed E-state index contributed by atoms with van der Waals surface area (Å²) in [6.07, 6.45) is 6.74. The van der Waals surface area contributed by atoms with E-state index in [1.165, 1.54) is 35.3 Å². The summed E-state index contributed by atoms with van der Waals surface area (Å²) in [5.74, 6) is 0. The van der Waals surface area contributed by atoms with Gasteiger partial charge in [-0.3, -0.25) is 4.48 Å². The third-order valence-corrected chi connectivity index (χ3v) is 4.38. The zero-order valence-corrected chi connectivity index (χ0v) is 16.5. The highest BCUT2D eigenvalue weighted by molar-refractivity contribution is 5.71. The van der Waals surface area contributed by atoms with Crippen molar-refractivity contribution >= 4 is 23.5 Å². The first kappa shape index (κ1) is 19.3. The van der Waals surface area contributed by atoms with Crippen LogP contribution < -0.4 is 9.38 Å². The molecule has 0 amide bonds. The first-order valence-corrected chi connectivity index (χ1v) is 9.39. The van der Waals surface area contributed by atoms with Gasteiger partial charge in [0.05, 0.1) is 21.1 Å². The quantitative estimate of drug-likeness (QED) is 0.442. The average Bonchev–Trinajstić information content (AvgIpc) is 2.60. The van der Waals surface area contributed by atoms with Crippen molar-refractivity contribution in [2.24, 2.45) is 0 Å². The molecule has 2 rings (SSSR count). The number of nitrogens with zero attached hydrogens (tertiary/aromatic N) is 2. The van der Waals surface area contributed by atoms with Gasteiger partial charge in [0.25, 0.3) is 0 Å². The van der Waals surface area contributed by atoms with Crippen molar-refractivity contribution in [1.82, 2.24) is 4.48 Å². The molecule has 0 spiro atoms. The molecule has 0 saturated carbocycles. The lowest BCUT2D eigenvalue weighted by Gasteiger charge is -2.23. The summed E-state index contributed by atoms with van der Waals surface area (Å²) in [5.41, 5.74) is 5.12. The third kappa shape index (κ3) is 5.75. The number of quaternary nitrogens is 1. The van der Waals surface area contributed by atoms with Crippen molar-refractivity contribution in [3.05, 3.63) is 59.7 Å². The lowest BCUT2D eigenvalue weighted by molar-refractivity contribution is 0.486. The van der Waals surface area contributed by atoms with Crippen LogP contribution in [-0.4, -0.2) is 34.2 Å². The Labute approximate surface area is 154 Å². The van der Waals surface area contributed by atoms with Gasteiger partial charge in [-0.2, -0.15) is 0 Å². The molecule has 0 radical (unpaired) electrons. The zero-order valence-electron chi connectivity index (χ0n) is 16.5. The number of rotatable bonds is 8. The average molecular weight is 338 g/mol. The second-order valence-electron chi connectivity index (χ2n) is 7.52. The highest BCUT2D eigenvalue weighted by Gasteiger charge is 2.10. The molecule has 0 atom stereocenters. The molecule has 2 aromatic carbocycles.